The molecule has 0 unspecified atom stereocenters. The highest BCUT2D eigenvalue weighted by Gasteiger charge is 2.20. The summed E-state index contributed by atoms with van der Waals surface area (Å²) in [6.45, 7) is 2.92. The summed E-state index contributed by atoms with van der Waals surface area (Å²) in [5, 5.41) is 1.68. The molecule has 0 heterocycles. The lowest BCUT2D eigenvalue weighted by Crippen LogP contribution is -2.21. The quantitative estimate of drug-likeness (QED) is 0.622. The lowest BCUT2D eigenvalue weighted by molar-refractivity contribution is -0.123. The fourth-order valence-electron chi connectivity index (χ4n) is 1.83. The Labute approximate surface area is 110 Å². The SMILES string of the molecule is CC(=O)C(Sc1ccc2ccccc2c1)C(C)=O. The maximum Gasteiger partial charge on any atom is 0.150 e. The van der Waals surface area contributed by atoms with E-state index in [1.165, 1.54) is 25.6 Å². The number of ketones is 2. The molecule has 0 aromatic heterocycles. The molecule has 0 aliphatic rings. The highest BCUT2D eigenvalue weighted by atomic mass is 32.2. The van der Waals surface area contributed by atoms with Gasteiger partial charge in [-0.1, -0.05) is 30.3 Å². The standard InChI is InChI=1S/C15H14O2S/c1-10(16)15(11(2)17)18-14-8-7-12-5-3-4-6-13(12)9-14/h3-9,15H,1-2H3. The van der Waals surface area contributed by atoms with E-state index in [1.54, 1.807) is 0 Å². The van der Waals surface area contributed by atoms with Crippen molar-refractivity contribution in [3.63, 3.8) is 0 Å². The molecule has 0 saturated heterocycles. The number of hydrogen-bond donors (Lipinski definition) is 0. The molecule has 0 fully saturated rings. The molecule has 2 rings (SSSR count). The van der Waals surface area contributed by atoms with Gasteiger partial charge >= 0.3 is 0 Å². The van der Waals surface area contributed by atoms with Crippen LogP contribution in [-0.2, 0) is 9.59 Å². The Morgan fingerprint density at radius 2 is 1.56 bits per heavy atom. The van der Waals surface area contributed by atoms with Crippen LogP contribution < -0.4 is 0 Å². The fourth-order valence-corrected chi connectivity index (χ4v) is 2.77. The Kier molecular flexibility index (Phi) is 3.82. The van der Waals surface area contributed by atoms with Crippen LogP contribution in [0, 0.1) is 0 Å². The topological polar surface area (TPSA) is 34.1 Å². The van der Waals surface area contributed by atoms with E-state index >= 15 is 0 Å². The Morgan fingerprint density at radius 3 is 2.17 bits per heavy atom. The second kappa shape index (κ2) is 5.36. The van der Waals surface area contributed by atoms with Crippen LogP contribution in [0.15, 0.2) is 47.4 Å². The Morgan fingerprint density at radius 1 is 0.944 bits per heavy atom. The summed E-state index contributed by atoms with van der Waals surface area (Å²) in [5.74, 6) is -0.193. The van der Waals surface area contributed by atoms with Gasteiger partial charge in [0.05, 0.1) is 0 Å². The van der Waals surface area contributed by atoms with Crippen LogP contribution in [0.5, 0.6) is 0 Å². The van der Waals surface area contributed by atoms with E-state index in [0.717, 1.165) is 15.7 Å². The van der Waals surface area contributed by atoms with E-state index in [4.69, 9.17) is 0 Å². The number of hydrogen-bond acceptors (Lipinski definition) is 3. The first-order chi connectivity index (χ1) is 8.58. The first-order valence-electron chi connectivity index (χ1n) is 5.74. The van der Waals surface area contributed by atoms with Gasteiger partial charge in [0.15, 0.2) is 11.6 Å². The summed E-state index contributed by atoms with van der Waals surface area (Å²) in [6.07, 6.45) is 0. The molecule has 0 amide bonds. The van der Waals surface area contributed by atoms with Crippen LogP contribution >= 0.6 is 11.8 Å². The molecule has 0 atom stereocenters. The molecule has 0 N–H and O–H groups in total. The van der Waals surface area contributed by atoms with Gasteiger partial charge in [0.25, 0.3) is 0 Å². The van der Waals surface area contributed by atoms with E-state index in [9.17, 15) is 9.59 Å². The van der Waals surface area contributed by atoms with Crippen LogP contribution in [0.2, 0.25) is 0 Å². The summed E-state index contributed by atoms with van der Waals surface area (Å²) in [4.78, 5) is 23.8. The zero-order valence-electron chi connectivity index (χ0n) is 10.3. The van der Waals surface area contributed by atoms with Crippen molar-refractivity contribution in [3.05, 3.63) is 42.5 Å². The van der Waals surface area contributed by atoms with Crippen LogP contribution in [0.3, 0.4) is 0 Å². The van der Waals surface area contributed by atoms with Crippen LogP contribution in [0.1, 0.15) is 13.8 Å². The second-order valence-electron chi connectivity index (χ2n) is 4.23. The number of carbonyl (C=O) groups is 2. The molecule has 0 radical (unpaired) electrons. The predicted octanol–water partition coefficient (Wildman–Crippen LogP) is 3.48. The molecule has 3 heteroatoms. The lowest BCUT2D eigenvalue weighted by atomic mass is 10.1. The molecular formula is C15H14O2S. The smallest absolute Gasteiger partial charge is 0.150 e. The average Bonchev–Trinajstić information content (AvgIpc) is 2.35. The van der Waals surface area contributed by atoms with Crippen molar-refractivity contribution < 1.29 is 9.59 Å². The zero-order chi connectivity index (χ0) is 13.1. The first-order valence-corrected chi connectivity index (χ1v) is 6.62. The minimum Gasteiger partial charge on any atom is -0.298 e. The Hall–Kier alpha value is -1.61. The van der Waals surface area contributed by atoms with Gasteiger partial charge in [-0.2, -0.15) is 0 Å². The minimum absolute atomic E-state index is 0.0966. The third-order valence-corrected chi connectivity index (χ3v) is 4.14. The number of Topliss-reactive ketones (excluding diaryl/α,β-unsaturated/α-hetero) is 2. The molecule has 2 aromatic rings. The lowest BCUT2D eigenvalue weighted by Gasteiger charge is -2.10. The summed E-state index contributed by atoms with van der Waals surface area (Å²) in [5.41, 5.74) is 0. The highest BCUT2D eigenvalue weighted by molar-refractivity contribution is 8.01. The Balaban J connectivity index is 2.31. The van der Waals surface area contributed by atoms with Gasteiger partial charge in [0.2, 0.25) is 0 Å². The van der Waals surface area contributed by atoms with Gasteiger partial charge in [-0.05, 0) is 36.8 Å². The minimum atomic E-state index is -0.592. The normalized spacial score (nSPS) is 10.8. The van der Waals surface area contributed by atoms with E-state index in [0.29, 0.717) is 0 Å². The van der Waals surface area contributed by atoms with Crippen LogP contribution in [0.4, 0.5) is 0 Å². The largest absolute Gasteiger partial charge is 0.298 e. The van der Waals surface area contributed by atoms with Gasteiger partial charge in [-0.3, -0.25) is 9.59 Å². The molecule has 92 valence electrons. The molecule has 0 aliphatic heterocycles. The third-order valence-electron chi connectivity index (χ3n) is 2.71. The number of benzene rings is 2. The van der Waals surface area contributed by atoms with Crippen molar-refractivity contribution in [2.45, 2.75) is 24.0 Å². The average molecular weight is 258 g/mol. The fraction of sp³-hybridized carbons (Fsp3) is 0.200. The third kappa shape index (κ3) is 2.79. The van der Waals surface area contributed by atoms with Gasteiger partial charge in [0, 0.05) is 4.90 Å². The van der Waals surface area contributed by atoms with Gasteiger partial charge in [0.1, 0.15) is 5.25 Å². The van der Waals surface area contributed by atoms with Gasteiger partial charge in [-0.25, -0.2) is 0 Å². The summed E-state index contributed by atoms with van der Waals surface area (Å²) < 4.78 is 0. The molecule has 2 nitrogen and oxygen atoms in total. The maximum absolute atomic E-state index is 11.4. The number of carbonyl (C=O) groups excluding carboxylic acids is 2. The molecule has 18 heavy (non-hydrogen) atoms. The van der Waals surface area contributed by atoms with E-state index < -0.39 is 5.25 Å². The van der Waals surface area contributed by atoms with Crippen molar-refractivity contribution >= 4 is 34.1 Å². The van der Waals surface area contributed by atoms with Gasteiger partial charge < -0.3 is 0 Å². The summed E-state index contributed by atoms with van der Waals surface area (Å²) in [6, 6.07) is 14.0. The molecular weight excluding hydrogens is 244 g/mol. The zero-order valence-corrected chi connectivity index (χ0v) is 11.2. The van der Waals surface area contributed by atoms with Crippen LogP contribution in [0.25, 0.3) is 10.8 Å². The van der Waals surface area contributed by atoms with Crippen molar-refractivity contribution in [2.24, 2.45) is 0 Å². The van der Waals surface area contributed by atoms with Crippen molar-refractivity contribution in [1.29, 1.82) is 0 Å². The molecule has 2 aromatic carbocycles. The Bertz CT molecular complexity index is 590. The second-order valence-corrected chi connectivity index (χ2v) is 5.41. The number of rotatable bonds is 4. The number of fused-ring (bicyclic) bond motifs is 1. The highest BCUT2D eigenvalue weighted by Crippen LogP contribution is 2.27. The summed E-state index contributed by atoms with van der Waals surface area (Å²) >= 11 is 1.32. The predicted molar refractivity (Wildman–Crippen MR) is 75.0 cm³/mol. The monoisotopic (exact) mass is 258 g/mol. The van der Waals surface area contributed by atoms with Crippen LogP contribution in [-0.4, -0.2) is 16.8 Å². The molecule has 0 bridgehead atoms. The summed E-state index contributed by atoms with van der Waals surface area (Å²) in [7, 11) is 0. The van der Waals surface area contributed by atoms with Gasteiger partial charge in [-0.15, -0.1) is 11.8 Å². The molecule has 0 spiro atoms. The van der Waals surface area contributed by atoms with Crippen molar-refractivity contribution in [3.8, 4) is 0 Å². The van der Waals surface area contributed by atoms with E-state index in [2.05, 4.69) is 0 Å². The number of thioether (sulfide) groups is 1. The van der Waals surface area contributed by atoms with E-state index in [1.807, 2.05) is 42.5 Å². The van der Waals surface area contributed by atoms with E-state index in [-0.39, 0.29) is 11.6 Å². The molecule has 0 aliphatic carbocycles. The van der Waals surface area contributed by atoms with Crippen molar-refractivity contribution in [2.75, 3.05) is 0 Å². The first kappa shape index (κ1) is 12.8. The van der Waals surface area contributed by atoms with Crippen molar-refractivity contribution in [1.82, 2.24) is 0 Å². The molecule has 0 saturated carbocycles. The maximum atomic E-state index is 11.4.